The average molecular weight is 348 g/mol. The molecule has 2 rings (SSSR count). The Morgan fingerprint density at radius 3 is 2.80 bits per heavy atom. The Balaban J connectivity index is 1.70. The summed E-state index contributed by atoms with van der Waals surface area (Å²) >= 11 is 0. The largest absolute Gasteiger partial charge is 0.382 e. The van der Waals surface area contributed by atoms with Crippen LogP contribution in [0.4, 0.5) is 5.69 Å². The number of para-hydroxylation sites is 1. The Hall–Kier alpha value is -2.12. The quantitative estimate of drug-likeness (QED) is 0.396. The average Bonchev–Trinajstić information content (AvgIpc) is 3.01. The van der Waals surface area contributed by atoms with E-state index in [9.17, 15) is 4.79 Å². The van der Waals surface area contributed by atoms with Crippen LogP contribution in [0.15, 0.2) is 35.3 Å². The second-order valence-corrected chi connectivity index (χ2v) is 5.84. The highest BCUT2D eigenvalue weighted by atomic mass is 16.5. The molecule has 0 spiro atoms. The maximum absolute atomic E-state index is 12.2. The lowest BCUT2D eigenvalue weighted by Crippen LogP contribution is -2.45. The van der Waals surface area contributed by atoms with Crippen molar-refractivity contribution in [3.63, 3.8) is 0 Å². The normalized spacial score (nSPS) is 17.8. The number of carbonyl (C=O) groups excluding carboxylic acids is 1. The Bertz CT molecular complexity index is 551. The van der Waals surface area contributed by atoms with E-state index in [1.807, 2.05) is 35.2 Å². The summed E-state index contributed by atoms with van der Waals surface area (Å²) in [6.45, 7) is 3.31. The third-order valence-corrected chi connectivity index (χ3v) is 3.95. The minimum Gasteiger partial charge on any atom is -0.382 e. The summed E-state index contributed by atoms with van der Waals surface area (Å²) in [5, 5.41) is 6.58. The summed E-state index contributed by atoms with van der Waals surface area (Å²) < 4.78 is 10.3. The van der Waals surface area contributed by atoms with Gasteiger partial charge in [-0.25, -0.2) is 0 Å². The number of anilines is 1. The molecule has 0 aliphatic carbocycles. The molecule has 2 N–H and O–H groups in total. The molecule has 0 aromatic heterocycles. The first kappa shape index (κ1) is 19.2. The van der Waals surface area contributed by atoms with E-state index >= 15 is 0 Å². The predicted octanol–water partition coefficient (Wildman–Crippen LogP) is 1.01. The van der Waals surface area contributed by atoms with Gasteiger partial charge in [0.15, 0.2) is 5.96 Å². The summed E-state index contributed by atoms with van der Waals surface area (Å²) in [5.74, 6) is 0.843. The van der Waals surface area contributed by atoms with Gasteiger partial charge >= 0.3 is 0 Å². The maximum atomic E-state index is 12.2. The number of carbonyl (C=O) groups is 1. The van der Waals surface area contributed by atoms with E-state index in [-0.39, 0.29) is 11.9 Å². The molecule has 0 bridgehead atoms. The fourth-order valence-corrected chi connectivity index (χ4v) is 2.68. The number of ether oxygens (including phenoxy) is 2. The van der Waals surface area contributed by atoms with Gasteiger partial charge in [0.2, 0.25) is 5.91 Å². The lowest BCUT2D eigenvalue weighted by molar-refractivity contribution is -0.117. The van der Waals surface area contributed by atoms with Crippen LogP contribution in [0, 0.1) is 0 Å². The van der Waals surface area contributed by atoms with Gasteiger partial charge in [0.25, 0.3) is 0 Å². The highest BCUT2D eigenvalue weighted by Gasteiger charge is 2.30. The molecule has 1 aromatic carbocycles. The highest BCUT2D eigenvalue weighted by Crippen LogP contribution is 2.20. The minimum atomic E-state index is 0.0526. The van der Waals surface area contributed by atoms with Crippen LogP contribution in [0.5, 0.6) is 0 Å². The van der Waals surface area contributed by atoms with Crippen molar-refractivity contribution in [1.82, 2.24) is 10.6 Å². The lowest BCUT2D eigenvalue weighted by Gasteiger charge is -2.19. The van der Waals surface area contributed by atoms with Crippen LogP contribution in [0.3, 0.4) is 0 Å². The molecule has 1 aromatic rings. The molecule has 1 aliphatic rings. The van der Waals surface area contributed by atoms with Crippen LogP contribution < -0.4 is 15.5 Å². The van der Waals surface area contributed by atoms with Gasteiger partial charge in [-0.15, -0.1) is 0 Å². The number of nitrogens with one attached hydrogen (secondary N) is 2. The maximum Gasteiger partial charge on any atom is 0.229 e. The van der Waals surface area contributed by atoms with E-state index in [0.717, 1.165) is 18.7 Å². The monoisotopic (exact) mass is 348 g/mol. The van der Waals surface area contributed by atoms with E-state index in [2.05, 4.69) is 15.6 Å². The van der Waals surface area contributed by atoms with E-state index < -0.39 is 0 Å². The third kappa shape index (κ3) is 6.36. The number of methoxy groups -OCH3 is 1. The molecule has 1 atom stereocenters. The Kier molecular flexibility index (Phi) is 8.21. The van der Waals surface area contributed by atoms with Crippen molar-refractivity contribution in [2.45, 2.75) is 18.9 Å². The molecule has 7 heteroatoms. The molecule has 1 heterocycles. The van der Waals surface area contributed by atoms with Gasteiger partial charge < -0.3 is 25.0 Å². The van der Waals surface area contributed by atoms with Crippen LogP contribution in [-0.4, -0.2) is 65.0 Å². The number of amides is 1. The smallest absolute Gasteiger partial charge is 0.229 e. The number of benzene rings is 1. The number of nitrogens with zero attached hydrogens (tertiary/aromatic N) is 2. The molecule has 0 radical (unpaired) electrons. The van der Waals surface area contributed by atoms with E-state index in [0.29, 0.717) is 38.7 Å². The number of hydrogen-bond acceptors (Lipinski definition) is 4. The Labute approximate surface area is 149 Å². The minimum absolute atomic E-state index is 0.0526. The molecule has 1 fully saturated rings. The molecular weight excluding hydrogens is 320 g/mol. The van der Waals surface area contributed by atoms with Crippen molar-refractivity contribution in [3.8, 4) is 0 Å². The molecular formula is C18H28N4O3. The van der Waals surface area contributed by atoms with Crippen LogP contribution in [0.25, 0.3) is 0 Å². The summed E-state index contributed by atoms with van der Waals surface area (Å²) in [4.78, 5) is 18.3. The standard InChI is InChI=1S/C18H28N4O3/c1-19-18(20-9-6-10-25-12-11-24-2)21-15-13-17(23)22(14-15)16-7-4-3-5-8-16/h3-5,7-8,15H,6,9-14H2,1-2H3,(H2,19,20,21). The highest BCUT2D eigenvalue weighted by molar-refractivity contribution is 5.97. The van der Waals surface area contributed by atoms with Gasteiger partial charge in [-0.3, -0.25) is 9.79 Å². The summed E-state index contributed by atoms with van der Waals surface area (Å²) in [7, 11) is 3.39. The van der Waals surface area contributed by atoms with Crippen LogP contribution in [-0.2, 0) is 14.3 Å². The first-order chi connectivity index (χ1) is 12.2. The predicted molar refractivity (Wildman–Crippen MR) is 99.0 cm³/mol. The SMILES string of the molecule is CN=C(NCCCOCCOC)NC1CC(=O)N(c2ccccc2)C1. The Morgan fingerprint density at radius 2 is 2.08 bits per heavy atom. The fraction of sp³-hybridized carbons (Fsp3) is 0.556. The summed E-state index contributed by atoms with van der Waals surface area (Å²) in [6, 6.07) is 9.80. The van der Waals surface area contributed by atoms with E-state index in [1.165, 1.54) is 0 Å². The Morgan fingerprint density at radius 1 is 1.28 bits per heavy atom. The van der Waals surface area contributed by atoms with Crippen molar-refractivity contribution < 1.29 is 14.3 Å². The zero-order chi connectivity index (χ0) is 17.9. The van der Waals surface area contributed by atoms with Crippen molar-refractivity contribution in [2.24, 2.45) is 4.99 Å². The van der Waals surface area contributed by atoms with Gasteiger partial charge in [-0.05, 0) is 18.6 Å². The van der Waals surface area contributed by atoms with Crippen molar-refractivity contribution >= 4 is 17.6 Å². The number of hydrogen-bond donors (Lipinski definition) is 2. The number of rotatable bonds is 9. The van der Waals surface area contributed by atoms with Gasteiger partial charge in [-0.2, -0.15) is 0 Å². The van der Waals surface area contributed by atoms with E-state index in [1.54, 1.807) is 14.2 Å². The molecule has 138 valence electrons. The second kappa shape index (κ2) is 10.7. The lowest BCUT2D eigenvalue weighted by atomic mass is 10.2. The summed E-state index contributed by atoms with van der Waals surface area (Å²) in [6.07, 6.45) is 1.35. The topological polar surface area (TPSA) is 75.2 Å². The van der Waals surface area contributed by atoms with Crippen molar-refractivity contribution in [1.29, 1.82) is 0 Å². The fourth-order valence-electron chi connectivity index (χ4n) is 2.68. The molecule has 1 saturated heterocycles. The van der Waals surface area contributed by atoms with Gasteiger partial charge in [0.05, 0.1) is 19.3 Å². The summed E-state index contributed by atoms with van der Waals surface area (Å²) in [5.41, 5.74) is 0.938. The van der Waals surface area contributed by atoms with E-state index in [4.69, 9.17) is 9.47 Å². The van der Waals surface area contributed by atoms with Crippen LogP contribution >= 0.6 is 0 Å². The van der Waals surface area contributed by atoms with Gasteiger partial charge in [-0.1, -0.05) is 18.2 Å². The third-order valence-electron chi connectivity index (χ3n) is 3.95. The van der Waals surface area contributed by atoms with Crippen LogP contribution in [0.2, 0.25) is 0 Å². The first-order valence-corrected chi connectivity index (χ1v) is 8.64. The molecule has 25 heavy (non-hydrogen) atoms. The number of guanidine groups is 1. The second-order valence-electron chi connectivity index (χ2n) is 5.84. The van der Waals surface area contributed by atoms with Gasteiger partial charge in [0, 0.05) is 46.0 Å². The number of aliphatic imine (C=N–C) groups is 1. The van der Waals surface area contributed by atoms with Crippen molar-refractivity contribution in [2.75, 3.05) is 52.0 Å². The zero-order valence-electron chi connectivity index (χ0n) is 15.0. The van der Waals surface area contributed by atoms with Gasteiger partial charge in [0.1, 0.15) is 0 Å². The molecule has 1 amide bonds. The molecule has 1 aliphatic heterocycles. The molecule has 0 saturated carbocycles. The van der Waals surface area contributed by atoms with Crippen molar-refractivity contribution in [3.05, 3.63) is 30.3 Å². The first-order valence-electron chi connectivity index (χ1n) is 8.64. The molecule has 7 nitrogen and oxygen atoms in total. The van der Waals surface area contributed by atoms with Crippen LogP contribution in [0.1, 0.15) is 12.8 Å². The zero-order valence-corrected chi connectivity index (χ0v) is 15.0. The molecule has 1 unspecified atom stereocenters.